The summed E-state index contributed by atoms with van der Waals surface area (Å²) in [6.07, 6.45) is 0. The Labute approximate surface area is 82.8 Å². The van der Waals surface area contributed by atoms with Gasteiger partial charge in [-0.2, -0.15) is 3.89 Å². The number of hydrogen-bond acceptors (Lipinski definition) is 1. The van der Waals surface area contributed by atoms with Gasteiger partial charge in [0.2, 0.25) is 0 Å². The second-order valence-corrected chi connectivity index (χ2v) is 3.65. The number of hydrogen-bond donors (Lipinski definition) is 0. The number of rotatable bonds is 1. The first-order valence-electron chi connectivity index (χ1n) is 4.12. The fourth-order valence-electron chi connectivity index (χ4n) is 0.817. The molecular weight excluding hydrogens is 183 g/mol. The molecule has 0 N–H and O–H groups in total. The summed E-state index contributed by atoms with van der Waals surface area (Å²) in [4.78, 5) is 0.620. The van der Waals surface area contributed by atoms with Crippen molar-refractivity contribution in [1.29, 1.82) is 0 Å². The average molecular weight is 194 g/mol. The van der Waals surface area contributed by atoms with Crippen molar-refractivity contribution in [3.63, 3.8) is 0 Å². The van der Waals surface area contributed by atoms with Crippen LogP contribution in [0.15, 0.2) is 29.2 Å². The van der Waals surface area contributed by atoms with Crippen LogP contribution in [0.2, 0.25) is 0 Å². The Morgan fingerprint density at radius 1 is 1.23 bits per heavy atom. The molecule has 68 valence electrons. The molecule has 0 unspecified atom stereocenters. The van der Waals surface area contributed by atoms with E-state index in [0.29, 0.717) is 10.8 Å². The van der Waals surface area contributed by atoms with E-state index in [0.717, 1.165) is 5.56 Å². The summed E-state index contributed by atoms with van der Waals surface area (Å²) in [6, 6.07) is 7.12. The van der Waals surface area contributed by atoms with Gasteiger partial charge in [0.25, 0.3) is 0 Å². The van der Waals surface area contributed by atoms with Gasteiger partial charge < -0.3 is 0 Å². The molecule has 0 aliphatic carbocycles. The quantitative estimate of drug-likeness (QED) is 0.615. The van der Waals surface area contributed by atoms with Crippen molar-refractivity contribution in [2.75, 3.05) is 0 Å². The minimum atomic E-state index is 0.254. The van der Waals surface area contributed by atoms with Gasteiger partial charge >= 0.3 is 0 Å². The van der Waals surface area contributed by atoms with Crippen LogP contribution < -0.4 is 0 Å². The van der Waals surface area contributed by atoms with Gasteiger partial charge in [0, 0.05) is 16.4 Å². The SMILES string of the molecule is CC(C)C#Cc1ccc(SF)cc1. The van der Waals surface area contributed by atoms with Gasteiger partial charge in [-0.3, -0.25) is 0 Å². The number of halogens is 1. The molecule has 13 heavy (non-hydrogen) atoms. The van der Waals surface area contributed by atoms with Crippen molar-refractivity contribution in [3.8, 4) is 11.8 Å². The maximum absolute atomic E-state index is 12.1. The van der Waals surface area contributed by atoms with Gasteiger partial charge in [-0.1, -0.05) is 25.7 Å². The highest BCUT2D eigenvalue weighted by molar-refractivity contribution is 7.94. The molecule has 0 spiro atoms. The molecule has 0 saturated heterocycles. The first-order chi connectivity index (χ1) is 6.22. The zero-order chi connectivity index (χ0) is 9.68. The van der Waals surface area contributed by atoms with E-state index < -0.39 is 0 Å². The summed E-state index contributed by atoms with van der Waals surface area (Å²) in [5, 5.41) is 0. The lowest BCUT2D eigenvalue weighted by atomic mass is 10.2. The lowest BCUT2D eigenvalue weighted by molar-refractivity contribution is 0.866. The molecule has 0 atom stereocenters. The molecule has 0 radical (unpaired) electrons. The smallest absolute Gasteiger partial charge is 0.0812 e. The molecule has 0 nitrogen and oxygen atoms in total. The highest BCUT2D eigenvalue weighted by Crippen LogP contribution is 2.18. The molecule has 2 heteroatoms. The molecule has 0 aliphatic rings. The van der Waals surface area contributed by atoms with E-state index in [1.165, 1.54) is 0 Å². The van der Waals surface area contributed by atoms with Crippen LogP contribution in [-0.2, 0) is 0 Å². The first kappa shape index (κ1) is 10.1. The highest BCUT2D eigenvalue weighted by Gasteiger charge is 1.91. The van der Waals surface area contributed by atoms with Gasteiger partial charge in [0.1, 0.15) is 0 Å². The molecule has 0 amide bonds. The molecule has 0 fully saturated rings. The van der Waals surface area contributed by atoms with Crippen molar-refractivity contribution in [2.45, 2.75) is 18.7 Å². The van der Waals surface area contributed by atoms with E-state index in [2.05, 4.69) is 11.8 Å². The van der Waals surface area contributed by atoms with E-state index in [4.69, 9.17) is 0 Å². The Balaban J connectivity index is 2.77. The van der Waals surface area contributed by atoms with Crippen LogP contribution in [0.1, 0.15) is 19.4 Å². The largest absolute Gasteiger partial charge is 0.160 e. The fourth-order valence-corrected chi connectivity index (χ4v) is 1.06. The molecule has 0 aromatic heterocycles. The maximum Gasteiger partial charge on any atom is 0.0812 e. The van der Waals surface area contributed by atoms with Crippen LogP contribution in [0, 0.1) is 17.8 Å². The van der Waals surface area contributed by atoms with Gasteiger partial charge in [0.15, 0.2) is 0 Å². The summed E-state index contributed by atoms with van der Waals surface area (Å²) in [6.45, 7) is 4.08. The van der Waals surface area contributed by atoms with Crippen molar-refractivity contribution in [1.82, 2.24) is 0 Å². The molecule has 1 aromatic carbocycles. The predicted molar refractivity (Wildman–Crippen MR) is 55.1 cm³/mol. The third kappa shape index (κ3) is 3.52. The van der Waals surface area contributed by atoms with E-state index in [1.807, 2.05) is 26.0 Å². The van der Waals surface area contributed by atoms with E-state index in [9.17, 15) is 3.89 Å². The van der Waals surface area contributed by atoms with Crippen LogP contribution in [0.3, 0.4) is 0 Å². The topological polar surface area (TPSA) is 0 Å². The van der Waals surface area contributed by atoms with Crippen LogP contribution in [0.5, 0.6) is 0 Å². The molecule has 0 bridgehead atoms. The van der Waals surface area contributed by atoms with Crippen LogP contribution in [0.25, 0.3) is 0 Å². The molecular formula is C11H11FS. The third-order valence-corrected chi connectivity index (χ3v) is 1.90. The maximum atomic E-state index is 12.1. The Bertz CT molecular complexity index is 316. The monoisotopic (exact) mass is 194 g/mol. The van der Waals surface area contributed by atoms with Crippen molar-refractivity contribution in [3.05, 3.63) is 29.8 Å². The van der Waals surface area contributed by atoms with Crippen LogP contribution in [-0.4, -0.2) is 0 Å². The number of benzene rings is 1. The summed E-state index contributed by atoms with van der Waals surface area (Å²) >= 11 is 0.254. The van der Waals surface area contributed by atoms with Crippen molar-refractivity contribution >= 4 is 12.1 Å². The van der Waals surface area contributed by atoms with Crippen LogP contribution >= 0.6 is 12.1 Å². The zero-order valence-corrected chi connectivity index (χ0v) is 8.49. The minimum Gasteiger partial charge on any atom is -0.160 e. The Morgan fingerprint density at radius 3 is 2.31 bits per heavy atom. The van der Waals surface area contributed by atoms with Gasteiger partial charge in [-0.25, -0.2) is 0 Å². The fraction of sp³-hybridized carbons (Fsp3) is 0.273. The van der Waals surface area contributed by atoms with Gasteiger partial charge in [-0.05, 0) is 24.3 Å². The van der Waals surface area contributed by atoms with Crippen LogP contribution in [0.4, 0.5) is 3.89 Å². The summed E-state index contributed by atoms with van der Waals surface area (Å²) in [5.41, 5.74) is 0.937. The van der Waals surface area contributed by atoms with Gasteiger partial charge in [0.05, 0.1) is 12.1 Å². The normalized spacial score (nSPS) is 9.54. The standard InChI is InChI=1S/C11H11FS/c1-9(2)3-4-10-5-7-11(13-12)8-6-10/h5-9H,1-2H3. The Hall–Kier alpha value is -0.940. The van der Waals surface area contributed by atoms with E-state index >= 15 is 0 Å². The Kier molecular flexibility index (Phi) is 3.85. The highest BCUT2D eigenvalue weighted by atomic mass is 32.2. The summed E-state index contributed by atoms with van der Waals surface area (Å²) in [7, 11) is 0. The Morgan fingerprint density at radius 2 is 1.85 bits per heavy atom. The van der Waals surface area contributed by atoms with Crippen molar-refractivity contribution < 1.29 is 3.89 Å². The second kappa shape index (κ2) is 4.94. The summed E-state index contributed by atoms with van der Waals surface area (Å²) in [5.74, 6) is 6.43. The predicted octanol–water partition coefficient (Wildman–Crippen LogP) is 3.67. The molecule has 1 aromatic rings. The third-order valence-electron chi connectivity index (χ3n) is 1.45. The first-order valence-corrected chi connectivity index (χ1v) is 4.84. The van der Waals surface area contributed by atoms with E-state index in [1.54, 1.807) is 12.1 Å². The lowest BCUT2D eigenvalue weighted by Crippen LogP contribution is -1.79. The van der Waals surface area contributed by atoms with E-state index in [-0.39, 0.29) is 12.1 Å². The molecule has 0 heterocycles. The molecule has 1 rings (SSSR count). The minimum absolute atomic E-state index is 0.254. The molecule has 0 aliphatic heterocycles. The van der Waals surface area contributed by atoms with Gasteiger partial charge in [-0.15, -0.1) is 0 Å². The zero-order valence-electron chi connectivity index (χ0n) is 7.67. The summed E-state index contributed by atoms with van der Waals surface area (Å²) < 4.78 is 12.1. The van der Waals surface area contributed by atoms with Crippen molar-refractivity contribution in [2.24, 2.45) is 5.92 Å². The average Bonchev–Trinajstić information content (AvgIpc) is 2.15. The lowest BCUT2D eigenvalue weighted by Gasteiger charge is -1.93. The second-order valence-electron chi connectivity index (χ2n) is 3.03. The molecule has 0 saturated carbocycles.